The van der Waals surface area contributed by atoms with Crippen molar-refractivity contribution in [2.75, 3.05) is 26.8 Å². The van der Waals surface area contributed by atoms with Gasteiger partial charge in [0, 0.05) is 26.1 Å². The minimum absolute atomic E-state index is 0.242. The summed E-state index contributed by atoms with van der Waals surface area (Å²) in [6, 6.07) is 0. The molecule has 2 heterocycles. The first-order valence-corrected chi connectivity index (χ1v) is 7.30. The topological polar surface area (TPSA) is 68.5 Å². The number of ether oxygens (including phenoxy) is 1. The lowest BCUT2D eigenvalue weighted by Crippen LogP contribution is -2.52. The van der Waals surface area contributed by atoms with Crippen LogP contribution in [0.2, 0.25) is 0 Å². The molecule has 6 heteroatoms. The number of likely N-dealkylation sites (tertiary alicyclic amines) is 1. The zero-order valence-electron chi connectivity index (χ0n) is 11.9. The maximum Gasteiger partial charge on any atom is 0.231 e. The molecule has 1 amide bonds. The third-order valence-corrected chi connectivity index (χ3v) is 4.71. The lowest BCUT2D eigenvalue weighted by molar-refractivity contribution is -0.153. The molecule has 1 aromatic rings. The van der Waals surface area contributed by atoms with Gasteiger partial charge in [-0.2, -0.15) is 4.98 Å². The average molecular weight is 279 g/mol. The number of amides is 1. The summed E-state index contributed by atoms with van der Waals surface area (Å²) in [5.74, 6) is 1.36. The van der Waals surface area contributed by atoms with Gasteiger partial charge in [-0.05, 0) is 25.7 Å². The number of hydrogen-bond donors (Lipinski definition) is 0. The van der Waals surface area contributed by atoms with Crippen LogP contribution in [0.25, 0.3) is 0 Å². The molecule has 1 saturated heterocycles. The normalized spacial score (nSPS) is 22.6. The van der Waals surface area contributed by atoms with E-state index in [1.807, 2.05) is 4.90 Å². The Hall–Kier alpha value is -1.43. The van der Waals surface area contributed by atoms with Gasteiger partial charge in [0.05, 0.1) is 12.0 Å². The van der Waals surface area contributed by atoms with Crippen molar-refractivity contribution < 1.29 is 14.1 Å². The molecule has 3 rings (SSSR count). The zero-order valence-corrected chi connectivity index (χ0v) is 11.9. The van der Waals surface area contributed by atoms with Gasteiger partial charge in [0.25, 0.3) is 0 Å². The van der Waals surface area contributed by atoms with Crippen LogP contribution in [0.5, 0.6) is 0 Å². The monoisotopic (exact) mass is 279 g/mol. The number of methoxy groups -OCH3 is 1. The summed E-state index contributed by atoms with van der Waals surface area (Å²) in [7, 11) is 1.68. The molecule has 0 unspecified atom stereocenters. The molecule has 2 aliphatic rings. The number of piperidine rings is 1. The summed E-state index contributed by atoms with van der Waals surface area (Å²) in [5.41, 5.74) is -0.242. The van der Waals surface area contributed by atoms with Gasteiger partial charge in [-0.3, -0.25) is 4.79 Å². The van der Waals surface area contributed by atoms with Crippen molar-refractivity contribution in [3.05, 3.63) is 12.2 Å². The second kappa shape index (κ2) is 5.52. The van der Waals surface area contributed by atoms with Gasteiger partial charge < -0.3 is 14.2 Å². The first kappa shape index (κ1) is 13.5. The van der Waals surface area contributed by atoms with Crippen molar-refractivity contribution >= 4 is 5.91 Å². The van der Waals surface area contributed by atoms with Gasteiger partial charge in [0.15, 0.2) is 5.82 Å². The molecular weight excluding hydrogens is 258 g/mol. The molecule has 6 nitrogen and oxygen atoms in total. The van der Waals surface area contributed by atoms with Crippen LogP contribution in [-0.4, -0.2) is 47.8 Å². The van der Waals surface area contributed by atoms with Crippen LogP contribution in [-0.2, 0) is 9.53 Å². The maximum atomic E-state index is 12.7. The van der Waals surface area contributed by atoms with Crippen LogP contribution < -0.4 is 0 Å². The molecule has 0 spiro atoms. The largest absolute Gasteiger partial charge is 0.384 e. The molecule has 1 aliphatic carbocycles. The first-order chi connectivity index (χ1) is 9.75. The summed E-state index contributed by atoms with van der Waals surface area (Å²) in [4.78, 5) is 18.8. The minimum Gasteiger partial charge on any atom is -0.384 e. The van der Waals surface area contributed by atoms with Gasteiger partial charge >= 0.3 is 0 Å². The van der Waals surface area contributed by atoms with Gasteiger partial charge in [-0.25, -0.2) is 0 Å². The molecule has 1 aliphatic heterocycles. The smallest absolute Gasteiger partial charge is 0.231 e. The third kappa shape index (κ3) is 2.32. The summed E-state index contributed by atoms with van der Waals surface area (Å²) in [6.45, 7) is 2.11. The number of carbonyl (C=O) groups excluding carboxylic acids is 1. The molecule has 0 atom stereocenters. The molecule has 0 aromatic carbocycles. The first-order valence-electron chi connectivity index (χ1n) is 7.30. The van der Waals surface area contributed by atoms with Crippen molar-refractivity contribution in [2.24, 2.45) is 5.41 Å². The Bertz CT molecular complexity index is 448. The second-order valence-corrected chi connectivity index (χ2v) is 5.92. The molecule has 20 heavy (non-hydrogen) atoms. The number of aromatic nitrogens is 2. The van der Waals surface area contributed by atoms with Gasteiger partial charge in [-0.1, -0.05) is 11.6 Å². The Morgan fingerprint density at radius 2 is 2.25 bits per heavy atom. The van der Waals surface area contributed by atoms with E-state index in [0.29, 0.717) is 12.5 Å². The summed E-state index contributed by atoms with van der Waals surface area (Å²) in [5, 5.41) is 3.91. The van der Waals surface area contributed by atoms with E-state index in [9.17, 15) is 4.79 Å². The summed E-state index contributed by atoms with van der Waals surface area (Å²) >= 11 is 0. The van der Waals surface area contributed by atoms with E-state index in [4.69, 9.17) is 9.26 Å². The van der Waals surface area contributed by atoms with Crippen LogP contribution in [0.4, 0.5) is 0 Å². The van der Waals surface area contributed by atoms with Crippen molar-refractivity contribution in [2.45, 2.75) is 38.0 Å². The highest BCUT2D eigenvalue weighted by Gasteiger charge is 2.46. The Labute approximate surface area is 118 Å². The predicted octanol–water partition coefficient (Wildman–Crippen LogP) is 1.59. The Morgan fingerprint density at radius 3 is 2.75 bits per heavy atom. The maximum absolute atomic E-state index is 12.7. The molecule has 0 N–H and O–H groups in total. The van der Waals surface area contributed by atoms with Crippen LogP contribution >= 0.6 is 0 Å². The van der Waals surface area contributed by atoms with E-state index in [1.54, 1.807) is 7.11 Å². The van der Waals surface area contributed by atoms with Crippen LogP contribution in [0.3, 0.4) is 0 Å². The Balaban J connectivity index is 1.59. The average Bonchev–Trinajstić information content (AvgIpc) is 2.96. The van der Waals surface area contributed by atoms with Crippen LogP contribution in [0, 0.1) is 5.41 Å². The van der Waals surface area contributed by atoms with Crippen LogP contribution in [0.15, 0.2) is 10.9 Å². The standard InChI is InChI=1S/C14H21N3O3/c1-19-9-14(5-2-6-14)13(18)17-7-3-11(4-8-17)12-15-10-20-16-12/h10-11H,2-9H2,1H3. The molecule has 1 saturated carbocycles. The number of nitrogens with zero attached hydrogens (tertiary/aromatic N) is 3. The second-order valence-electron chi connectivity index (χ2n) is 5.92. The predicted molar refractivity (Wildman–Crippen MR) is 71.0 cm³/mol. The van der Waals surface area contributed by atoms with E-state index >= 15 is 0 Å². The van der Waals surface area contributed by atoms with Crippen LogP contribution in [0.1, 0.15) is 43.8 Å². The fourth-order valence-electron chi connectivity index (χ4n) is 3.33. The lowest BCUT2D eigenvalue weighted by atomic mass is 9.68. The minimum atomic E-state index is -0.242. The van der Waals surface area contributed by atoms with E-state index in [1.165, 1.54) is 6.39 Å². The van der Waals surface area contributed by atoms with Crippen molar-refractivity contribution in [3.63, 3.8) is 0 Å². The summed E-state index contributed by atoms with van der Waals surface area (Å²) < 4.78 is 10.1. The van der Waals surface area contributed by atoms with E-state index < -0.39 is 0 Å². The van der Waals surface area contributed by atoms with Crippen molar-refractivity contribution in [3.8, 4) is 0 Å². The van der Waals surface area contributed by atoms with Crippen molar-refractivity contribution in [1.82, 2.24) is 15.0 Å². The number of rotatable bonds is 4. The van der Waals surface area contributed by atoms with Gasteiger partial charge in [0.1, 0.15) is 0 Å². The lowest BCUT2D eigenvalue weighted by Gasteiger charge is -2.44. The molecular formula is C14H21N3O3. The van der Waals surface area contributed by atoms with Gasteiger partial charge in [-0.15, -0.1) is 0 Å². The molecule has 2 fully saturated rings. The third-order valence-electron chi connectivity index (χ3n) is 4.71. The SMILES string of the molecule is COCC1(C(=O)N2CCC(c3ncon3)CC2)CCC1. The molecule has 1 aromatic heterocycles. The van der Waals surface area contributed by atoms with E-state index in [0.717, 1.165) is 51.0 Å². The highest BCUT2D eigenvalue weighted by molar-refractivity contribution is 5.84. The fourth-order valence-corrected chi connectivity index (χ4v) is 3.33. The summed E-state index contributed by atoms with van der Waals surface area (Å²) in [6.07, 6.45) is 6.25. The van der Waals surface area contributed by atoms with Gasteiger partial charge in [0.2, 0.25) is 12.3 Å². The molecule has 0 radical (unpaired) electrons. The Kier molecular flexibility index (Phi) is 3.74. The highest BCUT2D eigenvalue weighted by atomic mass is 16.5. The molecule has 0 bridgehead atoms. The number of carbonyl (C=O) groups is 1. The van der Waals surface area contributed by atoms with Crippen molar-refractivity contribution in [1.29, 1.82) is 0 Å². The zero-order chi connectivity index (χ0) is 14.0. The van der Waals surface area contributed by atoms with E-state index in [-0.39, 0.29) is 11.3 Å². The highest BCUT2D eigenvalue weighted by Crippen LogP contribution is 2.43. The van der Waals surface area contributed by atoms with E-state index in [2.05, 4.69) is 10.1 Å². The molecule has 110 valence electrons. The quantitative estimate of drug-likeness (QED) is 0.837. The number of hydrogen-bond acceptors (Lipinski definition) is 5. The fraction of sp³-hybridized carbons (Fsp3) is 0.786. The Morgan fingerprint density at radius 1 is 1.50 bits per heavy atom.